The van der Waals surface area contributed by atoms with Crippen LogP contribution in [0.3, 0.4) is 0 Å². The number of nitrogens with zero attached hydrogens (tertiary/aromatic N) is 1. The number of benzene rings is 2. The van der Waals surface area contributed by atoms with Crippen molar-refractivity contribution in [1.82, 2.24) is 0 Å². The normalized spacial score (nSPS) is 17.2. The molecule has 0 bridgehead atoms. The molecule has 2 aromatic rings. The van der Waals surface area contributed by atoms with Crippen molar-refractivity contribution < 1.29 is 18.9 Å². The van der Waals surface area contributed by atoms with Crippen LogP contribution in [-0.4, -0.2) is 6.04 Å². The number of fused-ring (bicyclic) bond motifs is 1. The summed E-state index contributed by atoms with van der Waals surface area (Å²) in [6.07, 6.45) is 1.15. The smallest absolute Gasteiger partial charge is 0.417 e. The summed E-state index contributed by atoms with van der Waals surface area (Å²) in [5, 5.41) is 0. The van der Waals surface area contributed by atoms with Gasteiger partial charge in [0.1, 0.15) is 0 Å². The van der Waals surface area contributed by atoms with Crippen molar-refractivity contribution in [1.29, 1.82) is 0 Å². The third-order valence-corrected chi connectivity index (χ3v) is 3.48. The molecule has 1 aliphatic rings. The van der Waals surface area contributed by atoms with Crippen LogP contribution in [0.5, 0.6) is 0 Å². The Hall–Kier alpha value is -1.16. The maximum absolute atomic E-state index is 3.19. The molecule has 1 unspecified atom stereocenters. The van der Waals surface area contributed by atoms with Gasteiger partial charge in [0.2, 0.25) is 0 Å². The summed E-state index contributed by atoms with van der Waals surface area (Å²) in [7, 11) is 0. The van der Waals surface area contributed by atoms with Crippen LogP contribution in [0.2, 0.25) is 0 Å². The largest absolute Gasteiger partial charge is 1.00 e. The van der Waals surface area contributed by atoms with Gasteiger partial charge in [-0.1, -0.05) is 36.0 Å². The van der Waals surface area contributed by atoms with E-state index in [1.165, 1.54) is 16.8 Å². The number of rotatable bonds is 2. The van der Waals surface area contributed by atoms with Crippen LogP contribution in [0, 0.1) is 6.07 Å². The molecule has 0 amide bonds. The van der Waals surface area contributed by atoms with E-state index in [0.29, 0.717) is 6.04 Å². The molecule has 86 valence electrons. The van der Waals surface area contributed by atoms with Gasteiger partial charge in [-0.05, 0) is 18.9 Å². The molecule has 0 saturated heterocycles. The topological polar surface area (TPSA) is 3.24 Å². The minimum Gasteiger partial charge on any atom is -0.417 e. The molecule has 0 N–H and O–H groups in total. The van der Waals surface area contributed by atoms with Crippen molar-refractivity contribution in [3.05, 3.63) is 65.7 Å². The zero-order valence-corrected chi connectivity index (χ0v) is 11.1. The predicted molar refractivity (Wildman–Crippen MR) is 71.1 cm³/mol. The van der Waals surface area contributed by atoms with E-state index in [2.05, 4.69) is 60.4 Å². The number of hydrogen-bond donors (Lipinski definition) is 0. The Balaban J connectivity index is 0.00000120. The van der Waals surface area contributed by atoms with Crippen molar-refractivity contribution in [3.8, 4) is 0 Å². The van der Waals surface area contributed by atoms with Gasteiger partial charge < -0.3 is 4.90 Å². The molecule has 0 fully saturated rings. The molecule has 2 heteroatoms. The van der Waals surface area contributed by atoms with E-state index in [9.17, 15) is 0 Å². The van der Waals surface area contributed by atoms with E-state index in [0.717, 1.165) is 13.0 Å². The SMILES string of the molecule is CC1Cc2cc[c-]cc2N1Cc1ccccc1.[Li+]. The molecule has 2 aromatic carbocycles. The molecule has 0 aromatic heterocycles. The summed E-state index contributed by atoms with van der Waals surface area (Å²) in [4.78, 5) is 2.47. The van der Waals surface area contributed by atoms with Crippen molar-refractivity contribution in [2.45, 2.75) is 25.9 Å². The maximum Gasteiger partial charge on any atom is 1.00 e. The Morgan fingerprint density at radius 3 is 2.78 bits per heavy atom. The molecule has 0 radical (unpaired) electrons. The van der Waals surface area contributed by atoms with Crippen LogP contribution in [0.4, 0.5) is 5.69 Å². The average molecular weight is 229 g/mol. The molecular weight excluding hydrogens is 213 g/mol. The fourth-order valence-corrected chi connectivity index (χ4v) is 2.58. The van der Waals surface area contributed by atoms with E-state index in [4.69, 9.17) is 0 Å². The minimum atomic E-state index is 0. The number of hydrogen-bond acceptors (Lipinski definition) is 1. The molecule has 1 atom stereocenters. The third-order valence-electron chi connectivity index (χ3n) is 3.48. The van der Waals surface area contributed by atoms with E-state index in [1.54, 1.807) is 0 Å². The van der Waals surface area contributed by atoms with Gasteiger partial charge in [0.15, 0.2) is 0 Å². The third kappa shape index (κ3) is 2.48. The summed E-state index contributed by atoms with van der Waals surface area (Å²) in [5.74, 6) is 0. The molecule has 3 rings (SSSR count). The van der Waals surface area contributed by atoms with Gasteiger partial charge in [-0.3, -0.25) is 0 Å². The zero-order chi connectivity index (χ0) is 11.7. The fourth-order valence-electron chi connectivity index (χ4n) is 2.58. The molecule has 1 aliphatic heterocycles. The van der Waals surface area contributed by atoms with Gasteiger partial charge in [0, 0.05) is 12.6 Å². The summed E-state index contributed by atoms with van der Waals surface area (Å²) >= 11 is 0. The first-order chi connectivity index (χ1) is 8.34. The quantitative estimate of drug-likeness (QED) is 0.533. The summed E-state index contributed by atoms with van der Waals surface area (Å²) in [6.45, 7) is 3.29. The van der Waals surface area contributed by atoms with Crippen molar-refractivity contribution in [2.75, 3.05) is 4.90 Å². The molecule has 1 nitrogen and oxygen atoms in total. The first-order valence-corrected chi connectivity index (χ1v) is 6.14. The first-order valence-electron chi connectivity index (χ1n) is 6.14. The van der Waals surface area contributed by atoms with Crippen LogP contribution in [0.15, 0.2) is 48.5 Å². The zero-order valence-electron chi connectivity index (χ0n) is 11.1. The Morgan fingerprint density at radius 1 is 1.22 bits per heavy atom. The van der Waals surface area contributed by atoms with Crippen LogP contribution < -0.4 is 23.8 Å². The fraction of sp³-hybridized carbons (Fsp3) is 0.250. The van der Waals surface area contributed by atoms with Crippen LogP contribution in [-0.2, 0) is 13.0 Å². The monoisotopic (exact) mass is 229 g/mol. The van der Waals surface area contributed by atoms with Crippen molar-refractivity contribution >= 4 is 5.69 Å². The Morgan fingerprint density at radius 2 is 2.00 bits per heavy atom. The second-order valence-corrected chi connectivity index (χ2v) is 4.72. The number of anilines is 1. The predicted octanol–water partition coefficient (Wildman–Crippen LogP) is 0.442. The first kappa shape index (κ1) is 13.3. The van der Waals surface area contributed by atoms with Crippen LogP contribution in [0.1, 0.15) is 18.1 Å². The standard InChI is InChI=1S/C16H16N.Li/c1-13-11-15-9-5-6-10-16(15)17(13)12-14-7-3-2-4-8-14;/h2-5,7-10,13H,11-12H2,1H3;/q-1;+1. The van der Waals surface area contributed by atoms with E-state index in [1.807, 2.05) is 6.07 Å². The summed E-state index contributed by atoms with van der Waals surface area (Å²) in [6, 6.07) is 20.7. The summed E-state index contributed by atoms with van der Waals surface area (Å²) in [5.41, 5.74) is 4.17. The molecular formula is C16H16LiN. The van der Waals surface area contributed by atoms with Gasteiger partial charge in [-0.2, -0.15) is 24.3 Å². The van der Waals surface area contributed by atoms with E-state index in [-0.39, 0.29) is 18.9 Å². The van der Waals surface area contributed by atoms with Crippen LogP contribution in [0.25, 0.3) is 0 Å². The van der Waals surface area contributed by atoms with Crippen LogP contribution >= 0.6 is 0 Å². The molecule has 18 heavy (non-hydrogen) atoms. The minimum absolute atomic E-state index is 0. The average Bonchev–Trinajstić information content (AvgIpc) is 2.68. The maximum atomic E-state index is 3.19. The Kier molecular flexibility index (Phi) is 4.17. The van der Waals surface area contributed by atoms with Gasteiger partial charge in [0.05, 0.1) is 0 Å². The van der Waals surface area contributed by atoms with Gasteiger partial charge in [-0.15, -0.1) is 5.56 Å². The van der Waals surface area contributed by atoms with Crippen molar-refractivity contribution in [2.24, 2.45) is 0 Å². The molecule has 0 aliphatic carbocycles. The second-order valence-electron chi connectivity index (χ2n) is 4.72. The Labute approximate surface area is 121 Å². The summed E-state index contributed by atoms with van der Waals surface area (Å²) < 4.78 is 0. The van der Waals surface area contributed by atoms with E-state index >= 15 is 0 Å². The van der Waals surface area contributed by atoms with Gasteiger partial charge >= 0.3 is 18.9 Å². The molecule has 0 spiro atoms. The molecule has 1 heterocycles. The van der Waals surface area contributed by atoms with E-state index < -0.39 is 0 Å². The second kappa shape index (κ2) is 5.65. The Bertz CT molecular complexity index is 510. The molecule has 0 saturated carbocycles. The van der Waals surface area contributed by atoms with Gasteiger partial charge in [-0.25, -0.2) is 0 Å². The van der Waals surface area contributed by atoms with Gasteiger partial charge in [0.25, 0.3) is 0 Å². The van der Waals surface area contributed by atoms with Crippen molar-refractivity contribution in [3.63, 3.8) is 0 Å².